The molecule has 1 aliphatic rings. The lowest BCUT2D eigenvalue weighted by Crippen LogP contribution is -2.06. The first kappa shape index (κ1) is 12.3. The molecular formula is C16H20N2O. The molecule has 0 atom stereocenters. The lowest BCUT2D eigenvalue weighted by atomic mass is 9.86. The van der Waals surface area contributed by atoms with E-state index in [2.05, 4.69) is 12.1 Å². The molecule has 0 bridgehead atoms. The summed E-state index contributed by atoms with van der Waals surface area (Å²) >= 11 is 0. The zero-order chi connectivity index (χ0) is 13.2. The van der Waals surface area contributed by atoms with Gasteiger partial charge >= 0.3 is 0 Å². The molecule has 19 heavy (non-hydrogen) atoms. The fourth-order valence-corrected chi connectivity index (χ4v) is 2.99. The second-order valence-electron chi connectivity index (χ2n) is 5.36. The quantitative estimate of drug-likeness (QED) is 0.830. The second-order valence-corrected chi connectivity index (χ2v) is 5.36. The number of hydrogen-bond acceptors (Lipinski definition) is 3. The van der Waals surface area contributed by atoms with Crippen molar-refractivity contribution < 1.29 is 4.74 Å². The van der Waals surface area contributed by atoms with Crippen LogP contribution in [-0.4, -0.2) is 12.1 Å². The molecule has 0 radical (unpaired) electrons. The Bertz CT molecular complexity index is 589. The van der Waals surface area contributed by atoms with Gasteiger partial charge in [-0.2, -0.15) is 0 Å². The molecule has 0 unspecified atom stereocenters. The van der Waals surface area contributed by atoms with E-state index in [9.17, 15) is 0 Å². The van der Waals surface area contributed by atoms with Crippen molar-refractivity contribution in [3.8, 4) is 5.75 Å². The highest BCUT2D eigenvalue weighted by Crippen LogP contribution is 2.34. The fraction of sp³-hybridized carbons (Fsp3) is 0.438. The molecule has 1 saturated carbocycles. The minimum Gasteiger partial charge on any atom is -0.497 e. The number of benzene rings is 1. The van der Waals surface area contributed by atoms with E-state index < -0.39 is 0 Å². The number of fused-ring (bicyclic) bond motifs is 1. The Balaban J connectivity index is 2.02. The van der Waals surface area contributed by atoms with Crippen LogP contribution in [0.5, 0.6) is 5.75 Å². The summed E-state index contributed by atoms with van der Waals surface area (Å²) in [5, 5.41) is 1.05. The number of methoxy groups -OCH3 is 1. The van der Waals surface area contributed by atoms with Crippen LogP contribution in [-0.2, 0) is 0 Å². The number of ether oxygens (including phenoxy) is 1. The number of aromatic nitrogens is 1. The van der Waals surface area contributed by atoms with Crippen LogP contribution in [0, 0.1) is 0 Å². The molecule has 1 aromatic heterocycles. The lowest BCUT2D eigenvalue weighted by molar-refractivity contribution is 0.415. The maximum atomic E-state index is 6.09. The van der Waals surface area contributed by atoms with Gasteiger partial charge in [-0.3, -0.25) is 4.98 Å². The molecule has 2 N–H and O–H groups in total. The zero-order valence-electron chi connectivity index (χ0n) is 11.4. The highest BCUT2D eigenvalue weighted by atomic mass is 16.5. The molecular weight excluding hydrogens is 236 g/mol. The van der Waals surface area contributed by atoms with Crippen LogP contribution in [0.3, 0.4) is 0 Å². The summed E-state index contributed by atoms with van der Waals surface area (Å²) in [6.45, 7) is 0. The molecule has 1 aliphatic carbocycles. The van der Waals surface area contributed by atoms with E-state index in [0.717, 1.165) is 16.7 Å². The number of nitrogens with zero attached hydrogens (tertiary/aromatic N) is 1. The van der Waals surface area contributed by atoms with Gasteiger partial charge in [0.05, 0.1) is 18.3 Å². The van der Waals surface area contributed by atoms with Gasteiger partial charge in [-0.05, 0) is 25.0 Å². The highest BCUT2D eigenvalue weighted by molar-refractivity contribution is 5.90. The Hall–Kier alpha value is -1.77. The van der Waals surface area contributed by atoms with E-state index in [4.69, 9.17) is 15.5 Å². The predicted molar refractivity (Wildman–Crippen MR) is 78.5 cm³/mol. The van der Waals surface area contributed by atoms with E-state index in [0.29, 0.717) is 11.6 Å². The molecule has 1 heterocycles. The molecule has 0 aliphatic heterocycles. The van der Waals surface area contributed by atoms with Crippen LogP contribution in [0.25, 0.3) is 10.9 Å². The van der Waals surface area contributed by atoms with Gasteiger partial charge in [-0.25, -0.2) is 0 Å². The summed E-state index contributed by atoms with van der Waals surface area (Å²) in [7, 11) is 1.66. The Morgan fingerprint density at radius 2 is 1.95 bits per heavy atom. The molecule has 3 heteroatoms. The molecule has 1 aromatic carbocycles. The van der Waals surface area contributed by atoms with Gasteiger partial charge in [-0.15, -0.1) is 0 Å². The van der Waals surface area contributed by atoms with Crippen LogP contribution < -0.4 is 10.5 Å². The molecule has 2 aromatic rings. The summed E-state index contributed by atoms with van der Waals surface area (Å²) in [4.78, 5) is 4.79. The first-order valence-corrected chi connectivity index (χ1v) is 7.02. The van der Waals surface area contributed by atoms with Crippen LogP contribution in [0.4, 0.5) is 5.69 Å². The Kier molecular flexibility index (Phi) is 3.28. The van der Waals surface area contributed by atoms with Crippen LogP contribution >= 0.6 is 0 Å². The Morgan fingerprint density at radius 3 is 2.68 bits per heavy atom. The monoisotopic (exact) mass is 256 g/mol. The maximum Gasteiger partial charge on any atom is 0.121 e. The van der Waals surface area contributed by atoms with Crippen molar-refractivity contribution in [1.29, 1.82) is 0 Å². The summed E-state index contributed by atoms with van der Waals surface area (Å²) in [5.74, 6) is 1.40. The summed E-state index contributed by atoms with van der Waals surface area (Å²) in [6, 6.07) is 8.10. The van der Waals surface area contributed by atoms with Gasteiger partial charge in [0.25, 0.3) is 0 Å². The van der Waals surface area contributed by atoms with Crippen molar-refractivity contribution in [3.05, 3.63) is 30.0 Å². The van der Waals surface area contributed by atoms with E-state index in [-0.39, 0.29) is 0 Å². The van der Waals surface area contributed by atoms with Crippen molar-refractivity contribution in [2.75, 3.05) is 12.8 Å². The topological polar surface area (TPSA) is 48.1 Å². The average molecular weight is 256 g/mol. The number of anilines is 1. The fourth-order valence-electron chi connectivity index (χ4n) is 2.99. The summed E-state index contributed by atoms with van der Waals surface area (Å²) in [6.07, 6.45) is 6.53. The number of rotatable bonds is 2. The molecule has 0 spiro atoms. The highest BCUT2D eigenvalue weighted by Gasteiger charge is 2.17. The standard InChI is InChI=1S/C16H20N2O/c1-19-13-9-12-7-8-15(11-5-3-2-4-6-11)18-16(12)14(17)10-13/h7-11H,2-6,17H2,1H3. The number of nitrogen functional groups attached to an aromatic ring is 1. The first-order valence-electron chi connectivity index (χ1n) is 7.02. The van der Waals surface area contributed by atoms with E-state index in [1.54, 1.807) is 7.11 Å². The van der Waals surface area contributed by atoms with Gasteiger partial charge in [0.1, 0.15) is 5.75 Å². The van der Waals surface area contributed by atoms with Crippen molar-refractivity contribution in [2.24, 2.45) is 0 Å². The number of nitrogens with two attached hydrogens (primary N) is 1. The van der Waals surface area contributed by atoms with E-state index in [1.807, 2.05) is 12.1 Å². The largest absolute Gasteiger partial charge is 0.497 e. The number of pyridine rings is 1. The second kappa shape index (κ2) is 5.08. The van der Waals surface area contributed by atoms with Crippen molar-refractivity contribution >= 4 is 16.6 Å². The van der Waals surface area contributed by atoms with Gasteiger partial charge in [-0.1, -0.05) is 25.3 Å². The summed E-state index contributed by atoms with van der Waals surface area (Å²) in [5.41, 5.74) is 8.89. The number of hydrogen-bond donors (Lipinski definition) is 1. The third-order valence-electron chi connectivity index (χ3n) is 4.08. The molecule has 0 saturated heterocycles. The van der Waals surface area contributed by atoms with Gasteiger partial charge in [0.2, 0.25) is 0 Å². The molecule has 3 rings (SSSR count). The lowest BCUT2D eigenvalue weighted by Gasteiger charge is -2.21. The van der Waals surface area contributed by atoms with Crippen molar-refractivity contribution in [2.45, 2.75) is 38.0 Å². The first-order chi connectivity index (χ1) is 9.28. The normalized spacial score (nSPS) is 16.7. The zero-order valence-corrected chi connectivity index (χ0v) is 11.4. The van der Waals surface area contributed by atoms with Crippen LogP contribution in [0.15, 0.2) is 24.3 Å². The minimum absolute atomic E-state index is 0.611. The predicted octanol–water partition coefficient (Wildman–Crippen LogP) is 3.87. The van der Waals surface area contributed by atoms with Crippen molar-refractivity contribution in [3.63, 3.8) is 0 Å². The molecule has 3 nitrogen and oxygen atoms in total. The third-order valence-corrected chi connectivity index (χ3v) is 4.08. The third kappa shape index (κ3) is 2.37. The molecule has 0 amide bonds. The van der Waals surface area contributed by atoms with Crippen LogP contribution in [0.1, 0.15) is 43.7 Å². The minimum atomic E-state index is 0.611. The van der Waals surface area contributed by atoms with Gasteiger partial charge in [0, 0.05) is 23.1 Å². The van der Waals surface area contributed by atoms with Crippen molar-refractivity contribution in [1.82, 2.24) is 4.98 Å². The maximum absolute atomic E-state index is 6.09. The van der Waals surface area contributed by atoms with Gasteiger partial charge in [0.15, 0.2) is 0 Å². The molecule has 1 fully saturated rings. The summed E-state index contributed by atoms with van der Waals surface area (Å²) < 4.78 is 5.24. The Morgan fingerprint density at radius 1 is 1.16 bits per heavy atom. The van der Waals surface area contributed by atoms with E-state index >= 15 is 0 Å². The smallest absolute Gasteiger partial charge is 0.121 e. The van der Waals surface area contributed by atoms with Crippen LogP contribution in [0.2, 0.25) is 0 Å². The SMILES string of the molecule is COc1cc(N)c2nc(C3CCCCC3)ccc2c1. The average Bonchev–Trinajstić information content (AvgIpc) is 2.47. The Labute approximate surface area is 113 Å². The molecule has 100 valence electrons. The van der Waals surface area contributed by atoms with Gasteiger partial charge < -0.3 is 10.5 Å². The van der Waals surface area contributed by atoms with E-state index in [1.165, 1.54) is 37.8 Å².